The van der Waals surface area contributed by atoms with Crippen molar-refractivity contribution >= 4 is 23.4 Å². The number of carbonyl (C=O) groups is 2. The molecule has 1 aliphatic rings. The molecule has 1 aromatic rings. The maximum absolute atomic E-state index is 12.6. The molecule has 7 heteroatoms. The number of carbonyl (C=O) groups excluding carboxylic acids is 1. The normalized spacial score (nSPS) is 19.0. The third-order valence-electron chi connectivity index (χ3n) is 3.73. The molecule has 0 spiro atoms. The molecule has 116 valence electrons. The monoisotopic (exact) mass is 311 g/mol. The van der Waals surface area contributed by atoms with Gasteiger partial charge in [0.25, 0.3) is 5.91 Å². The van der Waals surface area contributed by atoms with Crippen molar-refractivity contribution in [2.75, 3.05) is 13.1 Å². The lowest BCUT2D eigenvalue weighted by atomic mass is 9.91. The lowest BCUT2D eigenvalue weighted by Gasteiger charge is -2.20. The van der Waals surface area contributed by atoms with Gasteiger partial charge in [-0.3, -0.25) is 9.59 Å². The number of aliphatic carboxylic acids is 1. The van der Waals surface area contributed by atoms with E-state index >= 15 is 0 Å². The molecule has 1 N–H and O–H groups in total. The summed E-state index contributed by atoms with van der Waals surface area (Å²) in [4.78, 5) is 25.6. The van der Waals surface area contributed by atoms with Gasteiger partial charge in [-0.05, 0) is 30.3 Å². The van der Waals surface area contributed by atoms with Crippen LogP contribution in [0.1, 0.15) is 55.4 Å². The molecule has 0 aliphatic carbocycles. The van der Waals surface area contributed by atoms with E-state index in [1.54, 1.807) is 4.90 Å². The first-order chi connectivity index (χ1) is 9.79. The largest absolute Gasteiger partial charge is 0.481 e. The number of aromatic nitrogens is 2. The number of hydrogen-bond donors (Lipinski definition) is 1. The minimum Gasteiger partial charge on any atom is -0.481 e. The second kappa shape index (κ2) is 6.09. The van der Waals surface area contributed by atoms with E-state index in [9.17, 15) is 9.59 Å². The molecule has 1 amide bonds. The van der Waals surface area contributed by atoms with E-state index in [-0.39, 0.29) is 23.7 Å². The highest BCUT2D eigenvalue weighted by molar-refractivity contribution is 7.08. The molecule has 0 aromatic carbocycles. The molecule has 0 radical (unpaired) electrons. The van der Waals surface area contributed by atoms with Crippen LogP contribution in [0.3, 0.4) is 0 Å². The van der Waals surface area contributed by atoms with Crippen molar-refractivity contribution in [2.24, 2.45) is 5.92 Å². The number of rotatable bonds is 4. The summed E-state index contributed by atoms with van der Waals surface area (Å²) in [7, 11) is 0. The standard InChI is InChI=1S/C14H21N3O3S/c1-14(2,3)12-11(21-16-15-12)13(20)17-7-6-9(8-17)4-5-10(18)19/h9H,4-8H2,1-3H3,(H,18,19). The Balaban J connectivity index is 2.02. The van der Waals surface area contributed by atoms with E-state index in [4.69, 9.17) is 5.11 Å². The Morgan fingerprint density at radius 1 is 1.43 bits per heavy atom. The summed E-state index contributed by atoms with van der Waals surface area (Å²) >= 11 is 1.14. The van der Waals surface area contributed by atoms with Crippen LogP contribution in [-0.4, -0.2) is 44.6 Å². The molecule has 1 fully saturated rings. The minimum atomic E-state index is -0.776. The van der Waals surface area contributed by atoms with Gasteiger partial charge < -0.3 is 10.0 Å². The summed E-state index contributed by atoms with van der Waals surface area (Å²) in [6.07, 6.45) is 1.67. The SMILES string of the molecule is CC(C)(C)c1nnsc1C(=O)N1CCC(CCC(=O)O)C1. The number of carboxylic acids is 1. The van der Waals surface area contributed by atoms with Gasteiger partial charge in [-0.1, -0.05) is 25.3 Å². The van der Waals surface area contributed by atoms with Gasteiger partial charge in [0, 0.05) is 24.9 Å². The van der Waals surface area contributed by atoms with Gasteiger partial charge >= 0.3 is 5.97 Å². The first-order valence-corrected chi connectivity index (χ1v) is 7.90. The molecule has 0 saturated carbocycles. The van der Waals surface area contributed by atoms with Gasteiger partial charge in [-0.15, -0.1) is 5.10 Å². The molecule has 1 atom stereocenters. The Kier molecular flexibility index (Phi) is 4.61. The van der Waals surface area contributed by atoms with Crippen molar-refractivity contribution in [1.29, 1.82) is 0 Å². The van der Waals surface area contributed by atoms with E-state index in [2.05, 4.69) is 9.59 Å². The third-order valence-corrected chi connectivity index (χ3v) is 4.45. The van der Waals surface area contributed by atoms with E-state index in [0.29, 0.717) is 24.4 Å². The zero-order valence-corrected chi connectivity index (χ0v) is 13.4. The van der Waals surface area contributed by atoms with Crippen LogP contribution in [0, 0.1) is 5.92 Å². The van der Waals surface area contributed by atoms with Gasteiger partial charge in [0.1, 0.15) is 4.88 Å². The van der Waals surface area contributed by atoms with Crippen molar-refractivity contribution in [3.05, 3.63) is 10.6 Å². The maximum Gasteiger partial charge on any atom is 0.303 e. The average Bonchev–Trinajstić information content (AvgIpc) is 3.04. The van der Waals surface area contributed by atoms with Gasteiger partial charge in [0.2, 0.25) is 0 Å². The fourth-order valence-electron chi connectivity index (χ4n) is 2.55. The molecule has 1 unspecified atom stereocenters. The fourth-order valence-corrected chi connectivity index (χ4v) is 3.39. The summed E-state index contributed by atoms with van der Waals surface area (Å²) < 4.78 is 3.93. The van der Waals surface area contributed by atoms with Crippen molar-refractivity contribution in [1.82, 2.24) is 14.5 Å². The van der Waals surface area contributed by atoms with Crippen molar-refractivity contribution in [3.63, 3.8) is 0 Å². The predicted octanol–water partition coefficient (Wildman–Crippen LogP) is 2.16. The molecule has 1 aromatic heterocycles. The summed E-state index contributed by atoms with van der Waals surface area (Å²) in [6.45, 7) is 7.36. The van der Waals surface area contributed by atoms with Crippen LogP contribution in [0.2, 0.25) is 0 Å². The van der Waals surface area contributed by atoms with Crippen molar-refractivity contribution < 1.29 is 14.7 Å². The quantitative estimate of drug-likeness (QED) is 0.921. The van der Waals surface area contributed by atoms with Gasteiger partial charge in [0.15, 0.2) is 0 Å². The third kappa shape index (κ3) is 3.78. The fraction of sp³-hybridized carbons (Fsp3) is 0.714. The van der Waals surface area contributed by atoms with E-state index in [1.165, 1.54) is 0 Å². The molecule has 1 saturated heterocycles. The molecule has 21 heavy (non-hydrogen) atoms. The Bertz CT molecular complexity index is 536. The Morgan fingerprint density at radius 3 is 2.76 bits per heavy atom. The summed E-state index contributed by atoms with van der Waals surface area (Å²) in [5.74, 6) is -0.516. The van der Waals surface area contributed by atoms with Crippen LogP contribution < -0.4 is 0 Å². The number of nitrogens with zero attached hydrogens (tertiary/aromatic N) is 3. The number of likely N-dealkylation sites (tertiary alicyclic amines) is 1. The average molecular weight is 311 g/mol. The van der Waals surface area contributed by atoms with Crippen LogP contribution >= 0.6 is 11.5 Å². The Morgan fingerprint density at radius 2 is 2.14 bits per heavy atom. The summed E-state index contributed by atoms with van der Waals surface area (Å²) in [6, 6.07) is 0. The second-order valence-corrected chi connectivity index (χ2v) is 7.29. The molecular weight excluding hydrogens is 290 g/mol. The predicted molar refractivity (Wildman–Crippen MR) is 79.5 cm³/mol. The Hall–Kier alpha value is -1.50. The van der Waals surface area contributed by atoms with Gasteiger partial charge in [0.05, 0.1) is 5.69 Å². The van der Waals surface area contributed by atoms with Gasteiger partial charge in [-0.2, -0.15) is 0 Å². The molecule has 1 aliphatic heterocycles. The molecule has 2 rings (SSSR count). The highest BCUT2D eigenvalue weighted by Crippen LogP contribution is 2.29. The first kappa shape index (κ1) is 15.9. The number of hydrogen-bond acceptors (Lipinski definition) is 5. The topological polar surface area (TPSA) is 83.4 Å². The van der Waals surface area contributed by atoms with E-state index < -0.39 is 5.97 Å². The second-order valence-electron chi connectivity index (χ2n) is 6.54. The zero-order chi connectivity index (χ0) is 15.6. The molecule has 6 nitrogen and oxygen atoms in total. The lowest BCUT2D eigenvalue weighted by molar-refractivity contribution is -0.137. The first-order valence-electron chi connectivity index (χ1n) is 7.13. The Labute approximate surface area is 128 Å². The smallest absolute Gasteiger partial charge is 0.303 e. The summed E-state index contributed by atoms with van der Waals surface area (Å²) in [5.41, 5.74) is 0.534. The van der Waals surface area contributed by atoms with Crippen LogP contribution in [-0.2, 0) is 10.2 Å². The van der Waals surface area contributed by atoms with Crippen molar-refractivity contribution in [3.8, 4) is 0 Å². The summed E-state index contributed by atoms with van der Waals surface area (Å²) in [5, 5.41) is 12.8. The maximum atomic E-state index is 12.6. The van der Waals surface area contributed by atoms with Crippen molar-refractivity contribution in [2.45, 2.75) is 45.4 Å². The highest BCUT2D eigenvalue weighted by Gasteiger charge is 2.32. The van der Waals surface area contributed by atoms with Gasteiger partial charge in [-0.25, -0.2) is 0 Å². The minimum absolute atomic E-state index is 0.0206. The highest BCUT2D eigenvalue weighted by atomic mass is 32.1. The zero-order valence-electron chi connectivity index (χ0n) is 12.6. The molecule has 2 heterocycles. The van der Waals surface area contributed by atoms with E-state index in [0.717, 1.165) is 23.6 Å². The van der Waals surface area contributed by atoms with Crippen LogP contribution in [0.15, 0.2) is 0 Å². The molecular formula is C14H21N3O3S. The molecule has 0 bridgehead atoms. The van der Waals surface area contributed by atoms with Crippen LogP contribution in [0.4, 0.5) is 0 Å². The lowest BCUT2D eigenvalue weighted by Crippen LogP contribution is -2.30. The number of amides is 1. The van der Waals surface area contributed by atoms with E-state index in [1.807, 2.05) is 20.8 Å². The number of carboxylic acid groups (broad SMARTS) is 1. The van der Waals surface area contributed by atoms with Crippen LogP contribution in [0.25, 0.3) is 0 Å². The van der Waals surface area contributed by atoms with Crippen LogP contribution in [0.5, 0.6) is 0 Å².